The Morgan fingerprint density at radius 2 is 1.96 bits per heavy atom. The monoisotopic (exact) mass is 337 g/mol. The number of hydrogen-bond donors (Lipinski definition) is 1. The van der Waals surface area contributed by atoms with Crippen molar-refractivity contribution in [3.05, 3.63) is 64.7 Å². The first kappa shape index (κ1) is 16.2. The van der Waals surface area contributed by atoms with Crippen molar-refractivity contribution in [1.29, 1.82) is 0 Å². The number of fused-ring (bicyclic) bond motifs is 1. The summed E-state index contributed by atoms with van der Waals surface area (Å²) in [6.45, 7) is 4.00. The van der Waals surface area contributed by atoms with Gasteiger partial charge in [0, 0.05) is 19.1 Å². The van der Waals surface area contributed by atoms with E-state index in [2.05, 4.69) is 48.2 Å². The summed E-state index contributed by atoms with van der Waals surface area (Å²) in [5.41, 5.74) is 5.10. The van der Waals surface area contributed by atoms with Crippen LogP contribution in [0.25, 0.3) is 0 Å². The Balaban J connectivity index is 1.39. The van der Waals surface area contributed by atoms with Gasteiger partial charge < -0.3 is 9.84 Å². The highest BCUT2D eigenvalue weighted by molar-refractivity contribution is 5.71. The van der Waals surface area contributed by atoms with Crippen LogP contribution in [0.4, 0.5) is 0 Å². The van der Waals surface area contributed by atoms with Gasteiger partial charge in [-0.05, 0) is 48.6 Å². The molecule has 0 spiro atoms. The number of likely N-dealkylation sites (tertiary alicyclic amines) is 1. The van der Waals surface area contributed by atoms with Gasteiger partial charge in [0.05, 0.1) is 5.92 Å². The molecule has 0 amide bonds. The molecule has 1 saturated heterocycles. The van der Waals surface area contributed by atoms with E-state index in [4.69, 9.17) is 9.84 Å². The molecule has 1 aliphatic carbocycles. The largest absolute Gasteiger partial charge is 0.489 e. The van der Waals surface area contributed by atoms with Crippen molar-refractivity contribution >= 4 is 5.97 Å². The van der Waals surface area contributed by atoms with E-state index < -0.39 is 5.97 Å². The Morgan fingerprint density at radius 1 is 1.20 bits per heavy atom. The van der Waals surface area contributed by atoms with Crippen LogP contribution in [0.5, 0.6) is 5.75 Å². The normalized spacial score (nSPS) is 20.1. The van der Waals surface area contributed by atoms with Gasteiger partial charge in [-0.2, -0.15) is 0 Å². The summed E-state index contributed by atoms with van der Waals surface area (Å²) in [5.74, 6) is 0.0440. The lowest BCUT2D eigenvalue weighted by Crippen LogP contribution is -2.51. The summed E-state index contributed by atoms with van der Waals surface area (Å²) in [4.78, 5) is 13.3. The maximum absolute atomic E-state index is 11.0. The average Bonchev–Trinajstić information content (AvgIpc) is 2.96. The molecule has 4 heteroatoms. The third-order valence-electron chi connectivity index (χ3n) is 5.39. The minimum atomic E-state index is -0.672. The molecule has 4 rings (SSSR count). The summed E-state index contributed by atoms with van der Waals surface area (Å²) in [5, 5.41) is 9.05. The lowest BCUT2D eigenvalue weighted by Gasteiger charge is -2.41. The van der Waals surface area contributed by atoms with Gasteiger partial charge in [0.15, 0.2) is 0 Å². The van der Waals surface area contributed by atoms with Crippen molar-refractivity contribution in [2.75, 3.05) is 13.1 Å². The van der Waals surface area contributed by atoms with Gasteiger partial charge >= 0.3 is 5.97 Å². The van der Waals surface area contributed by atoms with Crippen LogP contribution < -0.4 is 4.74 Å². The van der Waals surface area contributed by atoms with Gasteiger partial charge in [-0.15, -0.1) is 0 Å². The number of carboxylic acid groups (broad SMARTS) is 1. The first-order valence-electron chi connectivity index (χ1n) is 8.88. The number of ether oxygens (including phenoxy) is 1. The molecule has 1 aliphatic heterocycles. The minimum Gasteiger partial charge on any atom is -0.489 e. The fraction of sp³-hybridized carbons (Fsp3) is 0.381. The van der Waals surface area contributed by atoms with Crippen LogP contribution in [0.15, 0.2) is 42.5 Å². The van der Waals surface area contributed by atoms with Crippen LogP contribution in [-0.4, -0.2) is 29.1 Å². The highest BCUT2D eigenvalue weighted by atomic mass is 16.5. The van der Waals surface area contributed by atoms with Gasteiger partial charge in [0.25, 0.3) is 0 Å². The molecule has 130 valence electrons. The number of benzene rings is 2. The van der Waals surface area contributed by atoms with Crippen molar-refractivity contribution in [1.82, 2.24) is 4.90 Å². The Morgan fingerprint density at radius 3 is 2.68 bits per heavy atom. The van der Waals surface area contributed by atoms with Gasteiger partial charge in [0.1, 0.15) is 12.4 Å². The molecule has 2 aromatic carbocycles. The third-order valence-corrected chi connectivity index (χ3v) is 5.39. The Bertz CT molecular complexity index is 778. The van der Waals surface area contributed by atoms with E-state index in [0.29, 0.717) is 25.7 Å². The number of carbonyl (C=O) groups is 1. The van der Waals surface area contributed by atoms with Crippen molar-refractivity contribution < 1.29 is 14.6 Å². The molecule has 0 saturated carbocycles. The summed E-state index contributed by atoms with van der Waals surface area (Å²) < 4.78 is 5.95. The predicted molar refractivity (Wildman–Crippen MR) is 95.7 cm³/mol. The van der Waals surface area contributed by atoms with E-state index >= 15 is 0 Å². The van der Waals surface area contributed by atoms with E-state index in [-0.39, 0.29) is 5.92 Å². The molecule has 1 N–H and O–H groups in total. The molecule has 1 atom stereocenters. The number of rotatable bonds is 5. The highest BCUT2D eigenvalue weighted by Gasteiger charge is 2.39. The summed E-state index contributed by atoms with van der Waals surface area (Å²) in [6.07, 6.45) is 2.11. The molecule has 0 radical (unpaired) electrons. The smallest absolute Gasteiger partial charge is 0.309 e. The topological polar surface area (TPSA) is 49.8 Å². The number of aliphatic carboxylic acids is 1. The van der Waals surface area contributed by atoms with Crippen molar-refractivity contribution in [2.45, 2.75) is 32.4 Å². The summed E-state index contributed by atoms with van der Waals surface area (Å²) in [7, 11) is 0. The molecule has 1 fully saturated rings. The molecule has 4 nitrogen and oxygen atoms in total. The van der Waals surface area contributed by atoms with Crippen LogP contribution in [0.2, 0.25) is 0 Å². The van der Waals surface area contributed by atoms with Crippen molar-refractivity contribution in [3.63, 3.8) is 0 Å². The molecule has 1 heterocycles. The second-order valence-electron chi connectivity index (χ2n) is 7.18. The Labute approximate surface area is 148 Å². The van der Waals surface area contributed by atoms with Gasteiger partial charge in [-0.25, -0.2) is 0 Å². The van der Waals surface area contributed by atoms with E-state index in [0.717, 1.165) is 18.6 Å². The van der Waals surface area contributed by atoms with E-state index in [9.17, 15) is 4.79 Å². The zero-order valence-corrected chi connectivity index (χ0v) is 14.4. The van der Waals surface area contributed by atoms with Crippen LogP contribution >= 0.6 is 0 Å². The molecule has 25 heavy (non-hydrogen) atoms. The van der Waals surface area contributed by atoms with Crippen molar-refractivity contribution in [3.8, 4) is 5.75 Å². The summed E-state index contributed by atoms with van der Waals surface area (Å²) >= 11 is 0. The zero-order chi connectivity index (χ0) is 17.4. The number of aryl methyl sites for hydroxylation is 2. The van der Waals surface area contributed by atoms with Crippen LogP contribution in [0.3, 0.4) is 0 Å². The highest BCUT2D eigenvalue weighted by Crippen LogP contribution is 2.40. The van der Waals surface area contributed by atoms with E-state index in [1.165, 1.54) is 22.3 Å². The molecule has 0 aromatic heterocycles. The lowest BCUT2D eigenvalue weighted by atomic mass is 9.95. The van der Waals surface area contributed by atoms with Crippen molar-refractivity contribution in [2.24, 2.45) is 5.92 Å². The maximum atomic E-state index is 11.0. The maximum Gasteiger partial charge on any atom is 0.309 e. The Hall–Kier alpha value is -2.33. The average molecular weight is 337 g/mol. The lowest BCUT2D eigenvalue weighted by molar-refractivity contribution is -0.148. The second kappa shape index (κ2) is 6.52. The fourth-order valence-corrected chi connectivity index (χ4v) is 3.81. The van der Waals surface area contributed by atoms with Crippen LogP contribution in [0, 0.1) is 12.8 Å². The SMILES string of the molecule is Cc1ccc(COc2ccc3c(c2)CCC3N2CC(C(=O)O)C2)cc1. The third kappa shape index (κ3) is 3.27. The quantitative estimate of drug-likeness (QED) is 0.906. The first-order valence-corrected chi connectivity index (χ1v) is 8.88. The number of hydrogen-bond acceptors (Lipinski definition) is 3. The van der Waals surface area contributed by atoms with Crippen LogP contribution in [-0.2, 0) is 17.8 Å². The molecular formula is C21H23NO3. The van der Waals surface area contributed by atoms with Gasteiger partial charge in [-0.3, -0.25) is 9.69 Å². The minimum absolute atomic E-state index is 0.193. The Kier molecular flexibility index (Phi) is 4.22. The first-order chi connectivity index (χ1) is 12.1. The zero-order valence-electron chi connectivity index (χ0n) is 14.4. The van der Waals surface area contributed by atoms with Gasteiger partial charge in [0.2, 0.25) is 0 Å². The van der Waals surface area contributed by atoms with Gasteiger partial charge in [-0.1, -0.05) is 35.9 Å². The molecule has 2 aromatic rings. The number of carboxylic acids is 1. The molecule has 2 aliphatic rings. The standard InChI is InChI=1S/C21H23NO3/c1-14-2-4-15(5-3-14)13-25-18-7-8-19-16(10-18)6-9-20(19)22-11-17(12-22)21(23)24/h2-5,7-8,10,17,20H,6,9,11-13H2,1H3,(H,23,24). The summed E-state index contributed by atoms with van der Waals surface area (Å²) in [6, 6.07) is 15.1. The molecular weight excluding hydrogens is 314 g/mol. The van der Waals surface area contributed by atoms with E-state index in [1.54, 1.807) is 0 Å². The fourth-order valence-electron chi connectivity index (χ4n) is 3.81. The molecule has 0 bridgehead atoms. The van der Waals surface area contributed by atoms with E-state index in [1.807, 2.05) is 6.07 Å². The number of nitrogens with zero attached hydrogens (tertiary/aromatic N) is 1. The second-order valence-corrected chi connectivity index (χ2v) is 7.18. The predicted octanol–water partition coefficient (Wildman–Crippen LogP) is 3.58. The molecule has 1 unspecified atom stereocenters. The van der Waals surface area contributed by atoms with Crippen LogP contribution in [0.1, 0.15) is 34.7 Å².